The zero-order valence-corrected chi connectivity index (χ0v) is 14.2. The molecular formula is C17H25N3OS. The lowest BCUT2D eigenvalue weighted by Crippen LogP contribution is -2.35. The highest BCUT2D eigenvalue weighted by molar-refractivity contribution is 7.10. The van der Waals surface area contributed by atoms with Gasteiger partial charge in [0.15, 0.2) is 0 Å². The van der Waals surface area contributed by atoms with Crippen molar-refractivity contribution in [2.45, 2.75) is 45.8 Å². The van der Waals surface area contributed by atoms with Crippen LogP contribution in [-0.4, -0.2) is 33.1 Å². The number of aryl methyl sites for hydroxylation is 2. The number of nitrogens with one attached hydrogen (secondary N) is 1. The molecule has 2 N–H and O–H groups in total. The van der Waals surface area contributed by atoms with Crippen LogP contribution in [0.2, 0.25) is 0 Å². The summed E-state index contributed by atoms with van der Waals surface area (Å²) in [5.41, 5.74) is 2.37. The van der Waals surface area contributed by atoms with Gasteiger partial charge < -0.3 is 10.1 Å². The van der Waals surface area contributed by atoms with E-state index >= 15 is 0 Å². The normalized spacial score (nSPS) is 18.7. The zero-order valence-electron chi connectivity index (χ0n) is 13.4. The van der Waals surface area contributed by atoms with Gasteiger partial charge in [-0.3, -0.25) is 4.90 Å². The first-order valence-corrected chi connectivity index (χ1v) is 9.03. The number of aliphatic hydroxyl groups excluding tert-OH is 1. The molecule has 0 radical (unpaired) electrons. The molecule has 1 aliphatic heterocycles. The molecule has 2 aromatic rings. The Morgan fingerprint density at radius 2 is 2.23 bits per heavy atom. The molecule has 3 rings (SSSR count). The first kappa shape index (κ1) is 15.7. The first-order valence-electron chi connectivity index (χ1n) is 8.15. The van der Waals surface area contributed by atoms with Gasteiger partial charge in [0.25, 0.3) is 0 Å². The van der Waals surface area contributed by atoms with Gasteiger partial charge in [-0.2, -0.15) is 0 Å². The molecule has 0 saturated carbocycles. The second kappa shape index (κ2) is 6.94. The minimum absolute atomic E-state index is 0.291. The monoisotopic (exact) mass is 319 g/mol. The molecular weight excluding hydrogens is 294 g/mol. The lowest BCUT2D eigenvalue weighted by Gasteiger charge is -2.33. The average Bonchev–Trinajstić information content (AvgIpc) is 3.18. The quantitative estimate of drug-likeness (QED) is 0.889. The average molecular weight is 319 g/mol. The van der Waals surface area contributed by atoms with Crippen molar-refractivity contribution in [3.05, 3.63) is 39.6 Å². The summed E-state index contributed by atoms with van der Waals surface area (Å²) in [5.74, 6) is 1.47. The van der Waals surface area contributed by atoms with E-state index in [4.69, 9.17) is 0 Å². The molecule has 0 aliphatic carbocycles. The van der Waals surface area contributed by atoms with Gasteiger partial charge in [0.1, 0.15) is 5.82 Å². The summed E-state index contributed by atoms with van der Waals surface area (Å²) in [4.78, 5) is 11.6. The molecule has 1 atom stereocenters. The summed E-state index contributed by atoms with van der Waals surface area (Å²) in [6.45, 7) is 7.24. The van der Waals surface area contributed by atoms with E-state index in [0.717, 1.165) is 49.6 Å². The number of nitrogens with zero attached hydrogens (tertiary/aromatic N) is 2. The van der Waals surface area contributed by atoms with Crippen LogP contribution in [0.3, 0.4) is 0 Å². The number of aliphatic hydroxyl groups is 1. The Morgan fingerprint density at radius 3 is 2.82 bits per heavy atom. The Hall–Kier alpha value is -1.17. The van der Waals surface area contributed by atoms with E-state index in [1.165, 1.54) is 11.4 Å². The molecule has 0 aromatic carbocycles. The molecule has 0 bridgehead atoms. The molecule has 22 heavy (non-hydrogen) atoms. The number of thiophene rings is 1. The van der Waals surface area contributed by atoms with E-state index < -0.39 is 0 Å². The van der Waals surface area contributed by atoms with Crippen molar-refractivity contribution in [2.24, 2.45) is 5.92 Å². The van der Waals surface area contributed by atoms with Gasteiger partial charge in [-0.1, -0.05) is 13.0 Å². The third-order valence-corrected chi connectivity index (χ3v) is 5.60. The van der Waals surface area contributed by atoms with Gasteiger partial charge in [-0.25, -0.2) is 4.98 Å². The minimum Gasteiger partial charge on any atom is -0.387 e. The van der Waals surface area contributed by atoms with Crippen LogP contribution in [0.5, 0.6) is 0 Å². The predicted octanol–water partition coefficient (Wildman–Crippen LogP) is 3.29. The number of imidazole rings is 1. The topological polar surface area (TPSA) is 52.1 Å². The van der Waals surface area contributed by atoms with Crippen LogP contribution in [0.4, 0.5) is 0 Å². The number of aromatic amines is 1. The molecule has 0 unspecified atom stereocenters. The molecule has 120 valence electrons. The van der Waals surface area contributed by atoms with Crippen LogP contribution in [0.1, 0.15) is 48.0 Å². The number of hydrogen-bond donors (Lipinski definition) is 2. The smallest absolute Gasteiger partial charge is 0.106 e. The van der Waals surface area contributed by atoms with Crippen molar-refractivity contribution in [3.63, 3.8) is 0 Å². The van der Waals surface area contributed by atoms with E-state index in [1.54, 1.807) is 11.3 Å². The first-order chi connectivity index (χ1) is 10.7. The predicted molar refractivity (Wildman–Crippen MR) is 90.0 cm³/mol. The Labute approximate surface area is 136 Å². The molecule has 5 heteroatoms. The molecule has 3 heterocycles. The van der Waals surface area contributed by atoms with Crippen molar-refractivity contribution >= 4 is 11.3 Å². The summed E-state index contributed by atoms with van der Waals surface area (Å²) in [6, 6.07) is 4.06. The van der Waals surface area contributed by atoms with Crippen LogP contribution in [-0.2, 0) is 13.0 Å². The van der Waals surface area contributed by atoms with Gasteiger partial charge in [0.05, 0.1) is 11.8 Å². The van der Waals surface area contributed by atoms with Crippen LogP contribution in [0.15, 0.2) is 17.5 Å². The Balaban J connectivity index is 1.54. The second-order valence-electron chi connectivity index (χ2n) is 6.18. The van der Waals surface area contributed by atoms with E-state index in [0.29, 0.717) is 5.92 Å². The Morgan fingerprint density at radius 1 is 1.45 bits per heavy atom. The van der Waals surface area contributed by atoms with Gasteiger partial charge in [-0.05, 0) is 50.2 Å². The standard InChI is InChI=1S/C17H25N3OS/c1-3-16-18-12(2)14(19-16)11-20-8-6-13(7-9-20)17(21)15-5-4-10-22-15/h4-5,10,13,17,21H,3,6-9,11H2,1-2H3,(H,18,19)/t17-/m0/s1. The van der Waals surface area contributed by atoms with E-state index in [-0.39, 0.29) is 6.10 Å². The lowest BCUT2D eigenvalue weighted by atomic mass is 9.90. The SMILES string of the molecule is CCc1nc(CN2CCC([C@H](O)c3cccs3)CC2)c(C)[nH]1. The van der Waals surface area contributed by atoms with Crippen molar-refractivity contribution in [1.29, 1.82) is 0 Å². The molecule has 0 spiro atoms. The lowest BCUT2D eigenvalue weighted by molar-refractivity contribution is 0.0587. The fourth-order valence-corrected chi connectivity index (χ4v) is 4.02. The van der Waals surface area contributed by atoms with Gasteiger partial charge in [0.2, 0.25) is 0 Å². The molecule has 1 saturated heterocycles. The highest BCUT2D eigenvalue weighted by atomic mass is 32.1. The number of piperidine rings is 1. The number of rotatable bonds is 5. The van der Waals surface area contributed by atoms with Gasteiger partial charge in [-0.15, -0.1) is 11.3 Å². The Bertz CT molecular complexity index is 585. The number of aromatic nitrogens is 2. The van der Waals surface area contributed by atoms with Crippen molar-refractivity contribution in [2.75, 3.05) is 13.1 Å². The summed E-state index contributed by atoms with van der Waals surface area (Å²) >= 11 is 1.66. The summed E-state index contributed by atoms with van der Waals surface area (Å²) in [7, 11) is 0. The van der Waals surface area contributed by atoms with Crippen molar-refractivity contribution < 1.29 is 5.11 Å². The van der Waals surface area contributed by atoms with Crippen LogP contribution < -0.4 is 0 Å². The summed E-state index contributed by atoms with van der Waals surface area (Å²) in [5, 5.41) is 12.5. The molecule has 1 aliphatic rings. The molecule has 2 aromatic heterocycles. The molecule has 1 fully saturated rings. The third-order valence-electron chi connectivity index (χ3n) is 4.66. The van der Waals surface area contributed by atoms with E-state index in [9.17, 15) is 5.11 Å². The van der Waals surface area contributed by atoms with Crippen molar-refractivity contribution in [3.8, 4) is 0 Å². The Kier molecular flexibility index (Phi) is 4.96. The largest absolute Gasteiger partial charge is 0.387 e. The number of likely N-dealkylation sites (tertiary alicyclic amines) is 1. The van der Waals surface area contributed by atoms with E-state index in [1.807, 2.05) is 17.5 Å². The zero-order chi connectivity index (χ0) is 15.5. The number of H-pyrrole nitrogens is 1. The van der Waals surface area contributed by atoms with Crippen molar-refractivity contribution in [1.82, 2.24) is 14.9 Å². The van der Waals surface area contributed by atoms with Crippen LogP contribution in [0, 0.1) is 12.8 Å². The highest BCUT2D eigenvalue weighted by Crippen LogP contribution is 2.33. The molecule has 4 nitrogen and oxygen atoms in total. The van der Waals surface area contributed by atoms with Gasteiger partial charge >= 0.3 is 0 Å². The van der Waals surface area contributed by atoms with Crippen LogP contribution in [0.25, 0.3) is 0 Å². The fraction of sp³-hybridized carbons (Fsp3) is 0.588. The van der Waals surface area contributed by atoms with Crippen LogP contribution >= 0.6 is 11.3 Å². The summed E-state index contributed by atoms with van der Waals surface area (Å²) < 4.78 is 0. The van der Waals surface area contributed by atoms with Gasteiger partial charge in [0, 0.05) is 23.5 Å². The second-order valence-corrected chi connectivity index (χ2v) is 7.16. The maximum absolute atomic E-state index is 10.5. The highest BCUT2D eigenvalue weighted by Gasteiger charge is 2.27. The minimum atomic E-state index is -0.291. The van der Waals surface area contributed by atoms with E-state index in [2.05, 4.69) is 28.7 Å². The maximum atomic E-state index is 10.5. The maximum Gasteiger partial charge on any atom is 0.106 e. The molecule has 0 amide bonds. The number of hydrogen-bond acceptors (Lipinski definition) is 4. The fourth-order valence-electron chi connectivity index (χ4n) is 3.22. The third kappa shape index (κ3) is 3.42. The summed E-state index contributed by atoms with van der Waals surface area (Å²) in [6.07, 6.45) is 2.78.